The Kier molecular flexibility index (Phi) is 4.62. The highest BCUT2D eigenvalue weighted by Crippen LogP contribution is 2.30. The first kappa shape index (κ1) is 16.6. The van der Waals surface area contributed by atoms with Crippen LogP contribution < -0.4 is 5.32 Å². The molecule has 6 nitrogen and oxygen atoms in total. The number of amides is 3. The molecule has 2 heterocycles. The minimum absolute atomic E-state index is 0.298. The summed E-state index contributed by atoms with van der Waals surface area (Å²) >= 11 is 1.53. The van der Waals surface area contributed by atoms with E-state index in [1.165, 1.54) is 22.2 Å². The topological polar surface area (TPSA) is 65.0 Å². The van der Waals surface area contributed by atoms with Gasteiger partial charge in [-0.2, -0.15) is 0 Å². The van der Waals surface area contributed by atoms with Gasteiger partial charge in [0.05, 0.1) is 0 Å². The van der Waals surface area contributed by atoms with Crippen LogP contribution in [0.5, 0.6) is 0 Å². The lowest BCUT2D eigenvalue weighted by molar-refractivity contribution is -0.127. The number of hydrogen-bond donors (Lipinski definition) is 1. The van der Waals surface area contributed by atoms with Gasteiger partial charge in [-0.15, -0.1) is 6.58 Å². The molecule has 1 aromatic rings. The molecular formula is C17H20N4O2S. The van der Waals surface area contributed by atoms with Gasteiger partial charge in [-0.25, -0.2) is 9.79 Å². The van der Waals surface area contributed by atoms with Crippen LogP contribution in [0.2, 0.25) is 0 Å². The Morgan fingerprint density at radius 2 is 2.04 bits per heavy atom. The molecule has 2 aliphatic rings. The van der Waals surface area contributed by atoms with Crippen molar-refractivity contribution in [2.45, 2.75) is 25.7 Å². The highest BCUT2D eigenvalue weighted by Gasteiger charge is 2.48. The van der Waals surface area contributed by atoms with Gasteiger partial charge in [-0.05, 0) is 12.5 Å². The number of urea groups is 1. The highest BCUT2D eigenvalue weighted by molar-refractivity contribution is 8.13. The molecule has 3 rings (SSSR count). The summed E-state index contributed by atoms with van der Waals surface area (Å²) in [4.78, 5) is 32.3. The summed E-state index contributed by atoms with van der Waals surface area (Å²) in [5, 5.41) is 3.17. The summed E-state index contributed by atoms with van der Waals surface area (Å²) in [6.07, 6.45) is 1.32. The number of carbonyl (C=O) groups is 2. The van der Waals surface area contributed by atoms with E-state index >= 15 is 0 Å². The van der Waals surface area contributed by atoms with Crippen molar-refractivity contribution in [3.63, 3.8) is 0 Å². The Morgan fingerprint density at radius 1 is 1.33 bits per heavy atom. The minimum Gasteiger partial charge on any atom is -0.331 e. The average molecular weight is 344 g/mol. The van der Waals surface area contributed by atoms with Gasteiger partial charge in [-0.3, -0.25) is 10.1 Å². The van der Waals surface area contributed by atoms with Crippen LogP contribution in [0.25, 0.3) is 0 Å². The largest absolute Gasteiger partial charge is 0.331 e. The first-order chi connectivity index (χ1) is 11.5. The maximum Gasteiger partial charge on any atom is 0.325 e. The molecule has 2 unspecified atom stereocenters. The third-order valence-electron chi connectivity index (χ3n) is 4.13. The average Bonchev–Trinajstić information content (AvgIpc) is 2.92. The van der Waals surface area contributed by atoms with Crippen molar-refractivity contribution in [3.05, 3.63) is 48.0 Å². The molecule has 0 aromatic heterocycles. The lowest BCUT2D eigenvalue weighted by Gasteiger charge is -2.36. The molecule has 7 heteroatoms. The maximum absolute atomic E-state index is 12.4. The number of imide groups is 1. The van der Waals surface area contributed by atoms with Crippen LogP contribution in [0.1, 0.15) is 11.1 Å². The lowest BCUT2D eigenvalue weighted by atomic mass is 10.1. The molecular weight excluding hydrogens is 324 g/mol. The Hall–Kier alpha value is -2.28. The van der Waals surface area contributed by atoms with Crippen LogP contribution in [0, 0.1) is 6.92 Å². The lowest BCUT2D eigenvalue weighted by Crippen LogP contribution is -2.63. The van der Waals surface area contributed by atoms with E-state index in [1.54, 1.807) is 13.1 Å². The van der Waals surface area contributed by atoms with E-state index in [2.05, 4.69) is 16.9 Å². The number of benzene rings is 1. The van der Waals surface area contributed by atoms with Gasteiger partial charge in [0.15, 0.2) is 17.4 Å². The highest BCUT2D eigenvalue weighted by atomic mass is 32.2. The number of rotatable bonds is 4. The van der Waals surface area contributed by atoms with Crippen molar-refractivity contribution in [2.75, 3.05) is 12.8 Å². The monoisotopic (exact) mass is 344 g/mol. The molecule has 1 aromatic carbocycles. The third-order valence-corrected chi connectivity index (χ3v) is 5.13. The summed E-state index contributed by atoms with van der Waals surface area (Å²) in [6, 6.07) is 7.29. The van der Waals surface area contributed by atoms with E-state index in [-0.39, 0.29) is 5.91 Å². The van der Waals surface area contributed by atoms with Crippen LogP contribution >= 0.6 is 11.8 Å². The van der Waals surface area contributed by atoms with Crippen molar-refractivity contribution in [1.82, 2.24) is 15.1 Å². The van der Waals surface area contributed by atoms with Gasteiger partial charge in [0.1, 0.15) is 0 Å². The Morgan fingerprint density at radius 3 is 2.71 bits per heavy atom. The fraction of sp³-hybridized carbons (Fsp3) is 0.353. The van der Waals surface area contributed by atoms with Gasteiger partial charge in [-0.1, -0.05) is 47.7 Å². The van der Waals surface area contributed by atoms with Gasteiger partial charge >= 0.3 is 6.03 Å². The summed E-state index contributed by atoms with van der Waals surface area (Å²) in [5.74, 6) is 0.398. The van der Waals surface area contributed by atoms with Gasteiger partial charge < -0.3 is 9.80 Å². The van der Waals surface area contributed by atoms with Crippen LogP contribution in [0.15, 0.2) is 41.9 Å². The van der Waals surface area contributed by atoms with E-state index in [0.717, 1.165) is 10.7 Å². The number of amidine groups is 1. The van der Waals surface area contributed by atoms with Crippen LogP contribution in [-0.4, -0.2) is 51.9 Å². The molecule has 0 radical (unpaired) electrons. The predicted octanol–water partition coefficient (Wildman–Crippen LogP) is 1.96. The third kappa shape index (κ3) is 3.03. The van der Waals surface area contributed by atoms with Gasteiger partial charge in [0.25, 0.3) is 5.91 Å². The van der Waals surface area contributed by atoms with Crippen molar-refractivity contribution in [1.29, 1.82) is 0 Å². The Bertz CT molecular complexity index is 701. The SMILES string of the molecule is C=CCSC1=NC2C(C(=O)NC(=O)N2C)N1Cc1ccc(C)cc1. The molecule has 2 aliphatic heterocycles. The van der Waals surface area contributed by atoms with Crippen molar-refractivity contribution < 1.29 is 9.59 Å². The molecule has 24 heavy (non-hydrogen) atoms. The zero-order valence-electron chi connectivity index (χ0n) is 13.7. The first-order valence-corrected chi connectivity index (χ1v) is 8.71. The fourth-order valence-corrected chi connectivity index (χ4v) is 3.60. The van der Waals surface area contributed by atoms with Crippen molar-refractivity contribution in [2.24, 2.45) is 4.99 Å². The molecule has 126 valence electrons. The second-order valence-corrected chi connectivity index (χ2v) is 6.88. The molecule has 0 spiro atoms. The summed E-state index contributed by atoms with van der Waals surface area (Å²) in [7, 11) is 1.66. The number of thioether (sulfide) groups is 1. The smallest absolute Gasteiger partial charge is 0.325 e. The molecule has 2 atom stereocenters. The molecule has 0 aliphatic carbocycles. The second-order valence-electron chi connectivity index (χ2n) is 5.89. The number of nitrogens with one attached hydrogen (secondary N) is 1. The molecule has 1 fully saturated rings. The molecule has 0 bridgehead atoms. The zero-order valence-corrected chi connectivity index (χ0v) is 14.5. The summed E-state index contributed by atoms with van der Waals surface area (Å²) < 4.78 is 0. The van der Waals surface area contributed by atoms with Crippen molar-refractivity contribution >= 4 is 28.9 Å². The van der Waals surface area contributed by atoms with Crippen LogP contribution in [0.4, 0.5) is 4.79 Å². The molecule has 1 N–H and O–H groups in total. The maximum atomic E-state index is 12.4. The Balaban J connectivity index is 1.89. The fourth-order valence-electron chi connectivity index (χ4n) is 2.81. The van der Waals surface area contributed by atoms with Gasteiger partial charge in [0, 0.05) is 19.3 Å². The standard InChI is InChI=1S/C17H20N4O2S/c1-4-9-24-17-18-14-13(15(22)19-16(23)20(14)3)21(17)10-12-7-5-11(2)6-8-12/h4-8,13-14H,1,9-10H2,2-3H3,(H,19,22,23). The van der Waals surface area contributed by atoms with E-state index in [1.807, 2.05) is 36.1 Å². The number of fused-ring (bicyclic) bond motifs is 1. The quantitative estimate of drug-likeness (QED) is 0.848. The number of aryl methyl sites for hydroxylation is 1. The predicted molar refractivity (Wildman–Crippen MR) is 95.7 cm³/mol. The van der Waals surface area contributed by atoms with Crippen molar-refractivity contribution in [3.8, 4) is 0 Å². The normalized spacial score (nSPS) is 23.0. The number of likely N-dealkylation sites (N-methyl/N-ethyl adjacent to an activating group) is 1. The van der Waals surface area contributed by atoms with E-state index in [9.17, 15) is 9.59 Å². The summed E-state index contributed by atoms with van der Waals surface area (Å²) in [6.45, 7) is 6.34. The van der Waals surface area contributed by atoms with Crippen LogP contribution in [-0.2, 0) is 11.3 Å². The number of nitrogens with zero attached hydrogens (tertiary/aromatic N) is 3. The zero-order chi connectivity index (χ0) is 17.3. The molecule has 3 amide bonds. The number of hydrogen-bond acceptors (Lipinski definition) is 5. The summed E-state index contributed by atoms with van der Waals surface area (Å²) in [5.41, 5.74) is 2.29. The van der Waals surface area contributed by atoms with Crippen LogP contribution in [0.3, 0.4) is 0 Å². The molecule has 0 saturated carbocycles. The minimum atomic E-state index is -0.499. The molecule has 1 saturated heterocycles. The first-order valence-electron chi connectivity index (χ1n) is 7.72. The number of carbonyl (C=O) groups excluding carboxylic acids is 2. The van der Waals surface area contributed by atoms with Gasteiger partial charge in [0.2, 0.25) is 0 Å². The second kappa shape index (κ2) is 6.68. The van der Waals surface area contributed by atoms with E-state index in [0.29, 0.717) is 12.3 Å². The van der Waals surface area contributed by atoms with E-state index in [4.69, 9.17) is 0 Å². The Labute approximate surface area is 145 Å². The van der Waals surface area contributed by atoms with E-state index < -0.39 is 18.2 Å². The number of aliphatic imine (C=N–C) groups is 1.